The van der Waals surface area contributed by atoms with Crippen LogP contribution < -0.4 is 4.90 Å². The van der Waals surface area contributed by atoms with Gasteiger partial charge in [-0.2, -0.15) is 0 Å². The number of anilines is 1. The summed E-state index contributed by atoms with van der Waals surface area (Å²) in [5.41, 5.74) is 2.61. The zero-order valence-electron chi connectivity index (χ0n) is 7.18. The summed E-state index contributed by atoms with van der Waals surface area (Å²) in [6, 6.07) is 6.13. The van der Waals surface area contributed by atoms with Gasteiger partial charge in [0.05, 0.1) is 0 Å². The van der Waals surface area contributed by atoms with E-state index in [1.54, 1.807) is 0 Å². The molecule has 1 heterocycles. The first-order chi connectivity index (χ1) is 5.79. The summed E-state index contributed by atoms with van der Waals surface area (Å²) in [5.74, 6) is 0. The van der Waals surface area contributed by atoms with Gasteiger partial charge in [-0.25, -0.2) is 0 Å². The Morgan fingerprint density at radius 2 is 2.25 bits per heavy atom. The maximum Gasteiger partial charge on any atom is 0.0458 e. The Labute approximate surface area is 77.9 Å². The molecule has 0 saturated carbocycles. The van der Waals surface area contributed by atoms with Crippen molar-refractivity contribution >= 4 is 17.3 Å². The number of nitrogens with zero attached hydrogens (tertiary/aromatic N) is 1. The van der Waals surface area contributed by atoms with E-state index in [1.807, 2.05) is 12.1 Å². The predicted molar refractivity (Wildman–Crippen MR) is 53.0 cm³/mol. The zero-order valence-corrected chi connectivity index (χ0v) is 7.93. The number of fused-ring (bicyclic) bond motifs is 1. The fourth-order valence-corrected chi connectivity index (χ4v) is 2.03. The van der Waals surface area contributed by atoms with E-state index in [9.17, 15) is 0 Å². The van der Waals surface area contributed by atoms with E-state index in [0.29, 0.717) is 0 Å². The van der Waals surface area contributed by atoms with Gasteiger partial charge in [0.25, 0.3) is 0 Å². The van der Waals surface area contributed by atoms with Gasteiger partial charge in [0.15, 0.2) is 0 Å². The van der Waals surface area contributed by atoms with Gasteiger partial charge >= 0.3 is 0 Å². The smallest absolute Gasteiger partial charge is 0.0458 e. The Kier molecular flexibility index (Phi) is 1.97. The first kappa shape index (κ1) is 7.93. The largest absolute Gasteiger partial charge is 0.374 e. The minimum atomic E-state index is 0.916. The average molecular weight is 182 g/mol. The molecule has 0 atom stereocenters. The van der Waals surface area contributed by atoms with Crippen LogP contribution in [0.1, 0.15) is 12.0 Å². The zero-order chi connectivity index (χ0) is 8.55. The molecule has 0 amide bonds. The van der Waals surface area contributed by atoms with Gasteiger partial charge in [-0.1, -0.05) is 17.7 Å². The van der Waals surface area contributed by atoms with Crippen molar-refractivity contribution in [1.29, 1.82) is 0 Å². The van der Waals surface area contributed by atoms with Crippen LogP contribution in [0.25, 0.3) is 0 Å². The van der Waals surface area contributed by atoms with Gasteiger partial charge in [-0.05, 0) is 30.5 Å². The average Bonchev–Trinajstić information content (AvgIpc) is 2.07. The topological polar surface area (TPSA) is 3.24 Å². The number of hydrogen-bond acceptors (Lipinski definition) is 1. The summed E-state index contributed by atoms with van der Waals surface area (Å²) in [6.07, 6.45) is 2.34. The molecule has 1 aromatic rings. The minimum absolute atomic E-state index is 0.916. The van der Waals surface area contributed by atoms with Crippen molar-refractivity contribution < 1.29 is 0 Å². The van der Waals surface area contributed by atoms with Crippen molar-refractivity contribution in [3.63, 3.8) is 0 Å². The third-order valence-corrected chi connectivity index (χ3v) is 2.78. The Morgan fingerprint density at radius 3 is 3.00 bits per heavy atom. The van der Waals surface area contributed by atoms with Crippen LogP contribution in [0.5, 0.6) is 0 Å². The van der Waals surface area contributed by atoms with Crippen molar-refractivity contribution in [3.8, 4) is 0 Å². The predicted octanol–water partition coefficient (Wildman–Crippen LogP) is 2.72. The molecule has 0 aliphatic carbocycles. The first-order valence-corrected chi connectivity index (χ1v) is 4.65. The lowest BCUT2D eigenvalue weighted by molar-refractivity contribution is 0.745. The van der Waals surface area contributed by atoms with E-state index >= 15 is 0 Å². The molecular formula is C10H12ClN. The molecule has 0 radical (unpaired) electrons. The van der Waals surface area contributed by atoms with E-state index in [1.165, 1.54) is 17.7 Å². The van der Waals surface area contributed by atoms with Crippen molar-refractivity contribution in [3.05, 3.63) is 28.8 Å². The highest BCUT2D eigenvalue weighted by molar-refractivity contribution is 6.31. The summed E-state index contributed by atoms with van der Waals surface area (Å²) in [5, 5.41) is 0.916. The molecule has 1 nitrogen and oxygen atoms in total. The Morgan fingerprint density at radius 1 is 1.42 bits per heavy atom. The quantitative estimate of drug-likeness (QED) is 0.595. The van der Waals surface area contributed by atoms with Gasteiger partial charge in [0.2, 0.25) is 0 Å². The maximum atomic E-state index is 6.08. The van der Waals surface area contributed by atoms with Gasteiger partial charge in [0.1, 0.15) is 0 Å². The van der Waals surface area contributed by atoms with Gasteiger partial charge in [-0.3, -0.25) is 0 Å². The number of rotatable bonds is 0. The maximum absolute atomic E-state index is 6.08. The molecule has 1 aliphatic heterocycles. The van der Waals surface area contributed by atoms with Crippen LogP contribution in [0.2, 0.25) is 5.02 Å². The molecule has 0 aromatic heterocycles. The Hall–Kier alpha value is -0.690. The number of benzene rings is 1. The highest BCUT2D eigenvalue weighted by Gasteiger charge is 2.14. The summed E-state index contributed by atoms with van der Waals surface area (Å²) < 4.78 is 0. The monoisotopic (exact) mass is 181 g/mol. The highest BCUT2D eigenvalue weighted by Crippen LogP contribution is 2.31. The molecule has 12 heavy (non-hydrogen) atoms. The normalized spacial score (nSPS) is 16.0. The first-order valence-electron chi connectivity index (χ1n) is 4.27. The van der Waals surface area contributed by atoms with Crippen LogP contribution in [0.3, 0.4) is 0 Å². The molecule has 0 bridgehead atoms. The molecule has 0 unspecified atom stereocenters. The van der Waals surface area contributed by atoms with Gasteiger partial charge in [-0.15, -0.1) is 0 Å². The Bertz CT molecular complexity index is 296. The molecule has 1 aliphatic rings. The molecule has 1 aromatic carbocycles. The molecule has 0 spiro atoms. The van der Waals surface area contributed by atoms with Crippen molar-refractivity contribution in [2.75, 3.05) is 18.5 Å². The second kappa shape index (κ2) is 2.98. The molecule has 0 fully saturated rings. The van der Waals surface area contributed by atoms with Crippen LogP contribution in [-0.4, -0.2) is 13.6 Å². The Balaban J connectivity index is 2.52. The van der Waals surface area contributed by atoms with E-state index in [4.69, 9.17) is 11.6 Å². The van der Waals surface area contributed by atoms with Crippen LogP contribution in [-0.2, 0) is 6.42 Å². The van der Waals surface area contributed by atoms with Crippen molar-refractivity contribution in [2.24, 2.45) is 0 Å². The second-order valence-electron chi connectivity index (χ2n) is 3.26. The van der Waals surface area contributed by atoms with Gasteiger partial charge in [0, 0.05) is 24.3 Å². The fraction of sp³-hybridized carbons (Fsp3) is 0.400. The van der Waals surface area contributed by atoms with E-state index in [2.05, 4.69) is 18.0 Å². The van der Waals surface area contributed by atoms with Gasteiger partial charge < -0.3 is 4.90 Å². The third-order valence-electron chi connectivity index (χ3n) is 2.43. The van der Waals surface area contributed by atoms with Crippen LogP contribution >= 0.6 is 11.6 Å². The number of hydrogen-bond donors (Lipinski definition) is 0. The van der Waals surface area contributed by atoms with Crippen molar-refractivity contribution in [1.82, 2.24) is 0 Å². The lowest BCUT2D eigenvalue weighted by Gasteiger charge is -2.27. The molecule has 2 heteroatoms. The van der Waals surface area contributed by atoms with E-state index < -0.39 is 0 Å². The fourth-order valence-electron chi connectivity index (χ4n) is 1.77. The third kappa shape index (κ3) is 1.18. The molecular weight excluding hydrogens is 170 g/mol. The molecule has 0 N–H and O–H groups in total. The van der Waals surface area contributed by atoms with Crippen LogP contribution in [0, 0.1) is 0 Å². The van der Waals surface area contributed by atoms with Crippen LogP contribution in [0.4, 0.5) is 5.69 Å². The van der Waals surface area contributed by atoms with E-state index in [0.717, 1.165) is 18.0 Å². The SMILES string of the molecule is CN1CCCc2c(Cl)cccc21. The molecule has 2 rings (SSSR count). The standard InChI is InChI=1S/C10H12ClN/c1-12-7-3-4-8-9(11)5-2-6-10(8)12/h2,5-6H,3-4,7H2,1H3. The molecule has 0 saturated heterocycles. The van der Waals surface area contributed by atoms with Crippen LogP contribution in [0.15, 0.2) is 18.2 Å². The summed E-state index contributed by atoms with van der Waals surface area (Å²) in [6.45, 7) is 1.15. The summed E-state index contributed by atoms with van der Waals surface area (Å²) in [7, 11) is 2.12. The summed E-state index contributed by atoms with van der Waals surface area (Å²) >= 11 is 6.08. The minimum Gasteiger partial charge on any atom is -0.374 e. The van der Waals surface area contributed by atoms with Crippen molar-refractivity contribution in [2.45, 2.75) is 12.8 Å². The molecule has 64 valence electrons. The second-order valence-corrected chi connectivity index (χ2v) is 3.67. The highest BCUT2D eigenvalue weighted by atomic mass is 35.5. The lowest BCUT2D eigenvalue weighted by Crippen LogP contribution is -2.24. The lowest BCUT2D eigenvalue weighted by atomic mass is 10.0. The number of halogens is 1. The summed E-state index contributed by atoms with van der Waals surface area (Å²) in [4.78, 5) is 2.27. The van der Waals surface area contributed by atoms with E-state index in [-0.39, 0.29) is 0 Å².